The first-order chi connectivity index (χ1) is 14.4. The van der Waals surface area contributed by atoms with E-state index in [4.69, 9.17) is 18.9 Å². The number of fused-ring (bicyclic) bond motifs is 1. The molecule has 2 bridgehead atoms. The molecule has 1 saturated heterocycles. The monoisotopic (exact) mass is 417 g/mol. The van der Waals surface area contributed by atoms with Gasteiger partial charge in [0, 0.05) is 26.2 Å². The van der Waals surface area contributed by atoms with E-state index in [9.17, 15) is 4.79 Å². The molecule has 1 spiro atoms. The van der Waals surface area contributed by atoms with Gasteiger partial charge in [-0.25, -0.2) is 0 Å². The molecule has 3 fully saturated rings. The Bertz CT molecular complexity index is 772. The topological polar surface area (TPSA) is 66.0 Å². The van der Waals surface area contributed by atoms with Gasteiger partial charge in [0.05, 0.1) is 32.5 Å². The average Bonchev–Trinajstić information content (AvgIpc) is 3.24. The molecule has 1 amide bonds. The lowest BCUT2D eigenvalue weighted by atomic mass is 9.58. The Balaban J connectivity index is 1.69. The average molecular weight is 418 g/mol. The van der Waals surface area contributed by atoms with Crippen LogP contribution in [0, 0.1) is 22.7 Å². The molecule has 166 valence electrons. The van der Waals surface area contributed by atoms with Gasteiger partial charge in [0.15, 0.2) is 0 Å². The second kappa shape index (κ2) is 8.04. The predicted molar refractivity (Wildman–Crippen MR) is 114 cm³/mol. The summed E-state index contributed by atoms with van der Waals surface area (Å²) >= 11 is 0. The van der Waals surface area contributed by atoms with Crippen LogP contribution in [0.1, 0.15) is 51.2 Å². The number of methoxy groups -OCH3 is 3. The van der Waals surface area contributed by atoms with Crippen LogP contribution in [0.5, 0.6) is 11.5 Å². The van der Waals surface area contributed by atoms with E-state index in [2.05, 4.69) is 19.2 Å². The van der Waals surface area contributed by atoms with E-state index in [1.54, 1.807) is 21.3 Å². The molecule has 2 saturated carbocycles. The SMILES string of the molecule is COCCC(=O)N[C@H]1C(C)(C)[C@@H]2C[C@@H]3[C@@H](c4c(OC)cccc4OC)OCC[C@@]31C2. The molecule has 1 heterocycles. The molecular formula is C24H35NO5. The summed E-state index contributed by atoms with van der Waals surface area (Å²) in [5.74, 6) is 2.56. The van der Waals surface area contributed by atoms with Crippen LogP contribution in [-0.2, 0) is 14.3 Å². The van der Waals surface area contributed by atoms with Crippen LogP contribution < -0.4 is 14.8 Å². The van der Waals surface area contributed by atoms with E-state index < -0.39 is 0 Å². The lowest BCUT2D eigenvalue weighted by Gasteiger charge is -2.53. The van der Waals surface area contributed by atoms with Crippen LogP contribution in [0.2, 0.25) is 0 Å². The summed E-state index contributed by atoms with van der Waals surface area (Å²) in [5, 5.41) is 3.42. The van der Waals surface area contributed by atoms with E-state index >= 15 is 0 Å². The van der Waals surface area contributed by atoms with Crippen LogP contribution >= 0.6 is 0 Å². The van der Waals surface area contributed by atoms with Gasteiger partial charge in [0.1, 0.15) is 11.5 Å². The second-order valence-electron chi connectivity index (χ2n) is 9.66. The molecule has 4 rings (SSSR count). The van der Waals surface area contributed by atoms with Crippen molar-refractivity contribution in [2.45, 2.75) is 51.7 Å². The fourth-order valence-corrected chi connectivity index (χ4v) is 6.66. The van der Waals surface area contributed by atoms with Gasteiger partial charge in [0.25, 0.3) is 0 Å². The van der Waals surface area contributed by atoms with Gasteiger partial charge in [-0.2, -0.15) is 0 Å². The summed E-state index contributed by atoms with van der Waals surface area (Å²) in [4.78, 5) is 12.7. The molecule has 3 aliphatic rings. The van der Waals surface area contributed by atoms with Crippen LogP contribution in [0.4, 0.5) is 0 Å². The molecule has 30 heavy (non-hydrogen) atoms. The Labute approximate surface area is 179 Å². The molecule has 1 aromatic rings. The van der Waals surface area contributed by atoms with Gasteiger partial charge in [0.2, 0.25) is 5.91 Å². The van der Waals surface area contributed by atoms with E-state index in [1.807, 2.05) is 18.2 Å². The van der Waals surface area contributed by atoms with Crippen molar-refractivity contribution < 1.29 is 23.7 Å². The highest BCUT2D eigenvalue weighted by Crippen LogP contribution is 2.71. The van der Waals surface area contributed by atoms with E-state index in [-0.39, 0.29) is 28.9 Å². The zero-order valence-corrected chi connectivity index (χ0v) is 18.8. The molecule has 2 aliphatic carbocycles. The Morgan fingerprint density at radius 3 is 2.53 bits per heavy atom. The highest BCUT2D eigenvalue weighted by atomic mass is 16.5. The predicted octanol–water partition coefficient (Wildman–Crippen LogP) is 3.74. The molecule has 6 nitrogen and oxygen atoms in total. The first-order valence-corrected chi connectivity index (χ1v) is 11.0. The van der Waals surface area contributed by atoms with Crippen LogP contribution in [0.3, 0.4) is 0 Å². The lowest BCUT2D eigenvalue weighted by molar-refractivity contribution is -0.138. The molecule has 0 aromatic heterocycles. The highest BCUT2D eigenvalue weighted by Gasteiger charge is 2.68. The third-order valence-corrected chi connectivity index (χ3v) is 8.09. The van der Waals surface area contributed by atoms with Crippen molar-refractivity contribution in [3.63, 3.8) is 0 Å². The lowest BCUT2D eigenvalue weighted by Crippen LogP contribution is -2.59. The van der Waals surface area contributed by atoms with Crippen molar-refractivity contribution in [3.8, 4) is 11.5 Å². The molecule has 0 unspecified atom stereocenters. The summed E-state index contributed by atoms with van der Waals surface area (Å²) in [6.45, 7) is 5.76. The van der Waals surface area contributed by atoms with Gasteiger partial charge < -0.3 is 24.3 Å². The normalized spacial score (nSPS) is 33.8. The third kappa shape index (κ3) is 3.19. The highest BCUT2D eigenvalue weighted by molar-refractivity contribution is 5.76. The van der Waals surface area contributed by atoms with E-state index in [0.717, 1.165) is 36.3 Å². The molecule has 5 atom stereocenters. The summed E-state index contributed by atoms with van der Waals surface area (Å²) in [7, 11) is 5.02. The second-order valence-corrected chi connectivity index (χ2v) is 9.66. The third-order valence-electron chi connectivity index (χ3n) is 8.09. The van der Waals surface area contributed by atoms with Gasteiger partial charge in [-0.05, 0) is 54.1 Å². The van der Waals surface area contributed by atoms with Crippen LogP contribution in [0.25, 0.3) is 0 Å². The zero-order valence-electron chi connectivity index (χ0n) is 18.8. The number of hydrogen-bond acceptors (Lipinski definition) is 5. The fourth-order valence-electron chi connectivity index (χ4n) is 6.66. The van der Waals surface area contributed by atoms with Crippen molar-refractivity contribution in [1.82, 2.24) is 5.32 Å². The Morgan fingerprint density at radius 2 is 1.90 bits per heavy atom. The number of amides is 1. The first kappa shape index (κ1) is 21.4. The quantitative estimate of drug-likeness (QED) is 0.732. The van der Waals surface area contributed by atoms with Gasteiger partial charge in [-0.15, -0.1) is 0 Å². The molecule has 1 N–H and O–H groups in total. The number of rotatable bonds is 7. The summed E-state index contributed by atoms with van der Waals surface area (Å²) < 4.78 is 22.9. The maximum absolute atomic E-state index is 12.7. The molecule has 0 radical (unpaired) electrons. The minimum absolute atomic E-state index is 0.0334. The van der Waals surface area contributed by atoms with Gasteiger partial charge >= 0.3 is 0 Å². The first-order valence-electron chi connectivity index (χ1n) is 11.0. The maximum Gasteiger partial charge on any atom is 0.222 e. The van der Waals surface area contributed by atoms with Crippen molar-refractivity contribution >= 4 is 5.91 Å². The molecule has 6 heteroatoms. The van der Waals surface area contributed by atoms with Crippen molar-refractivity contribution in [1.29, 1.82) is 0 Å². The molecular weight excluding hydrogens is 382 g/mol. The number of hydrogen-bond donors (Lipinski definition) is 1. The zero-order chi connectivity index (χ0) is 21.5. The van der Waals surface area contributed by atoms with Crippen molar-refractivity contribution in [2.24, 2.45) is 22.7 Å². The Morgan fingerprint density at radius 1 is 1.20 bits per heavy atom. The van der Waals surface area contributed by atoms with E-state index in [1.165, 1.54) is 0 Å². The smallest absolute Gasteiger partial charge is 0.222 e. The Kier molecular flexibility index (Phi) is 5.75. The summed E-state index contributed by atoms with van der Waals surface area (Å²) in [6, 6.07) is 6.03. The number of carbonyl (C=O) groups is 1. The van der Waals surface area contributed by atoms with Gasteiger partial charge in [-0.1, -0.05) is 19.9 Å². The standard InChI is InChI=1S/C24H35NO5/c1-23(2)15-13-16-21(20-17(28-4)7-6-8-18(20)29-5)30-12-10-24(16,14-15)22(23)25-19(26)9-11-27-3/h6-8,15-16,21-22H,9-14H2,1-5H3,(H,25,26)/t15-,16-,21+,22+,24-/m1/s1. The van der Waals surface area contributed by atoms with E-state index in [0.29, 0.717) is 31.5 Å². The molecule has 1 aliphatic heterocycles. The number of nitrogens with one attached hydrogen (secondary N) is 1. The summed E-state index contributed by atoms with van der Waals surface area (Å²) in [6.07, 6.45) is 3.51. The summed E-state index contributed by atoms with van der Waals surface area (Å²) in [5.41, 5.74) is 1.10. The van der Waals surface area contributed by atoms with Crippen molar-refractivity contribution in [3.05, 3.63) is 23.8 Å². The largest absolute Gasteiger partial charge is 0.496 e. The minimum Gasteiger partial charge on any atom is -0.496 e. The number of benzene rings is 1. The Hall–Kier alpha value is -1.79. The van der Waals surface area contributed by atoms with Crippen LogP contribution in [-0.4, -0.2) is 46.5 Å². The fraction of sp³-hybridized carbons (Fsp3) is 0.708. The number of carbonyl (C=O) groups excluding carboxylic acids is 1. The number of ether oxygens (including phenoxy) is 4. The van der Waals surface area contributed by atoms with Crippen LogP contribution in [0.15, 0.2) is 18.2 Å². The minimum atomic E-state index is -0.0932. The maximum atomic E-state index is 12.7. The molecule has 1 aromatic carbocycles. The van der Waals surface area contributed by atoms with Crippen molar-refractivity contribution in [2.75, 3.05) is 34.5 Å². The van der Waals surface area contributed by atoms with Gasteiger partial charge in [-0.3, -0.25) is 4.79 Å².